The van der Waals surface area contributed by atoms with Crippen LogP contribution in [0.2, 0.25) is 0 Å². The molecule has 1 fully saturated rings. The second-order valence-corrected chi connectivity index (χ2v) is 8.71. The third-order valence-corrected chi connectivity index (χ3v) is 6.69. The lowest BCUT2D eigenvalue weighted by Gasteiger charge is -2.36. The molecule has 4 heteroatoms. The van der Waals surface area contributed by atoms with E-state index >= 15 is 0 Å². The first kappa shape index (κ1) is 19.0. The summed E-state index contributed by atoms with van der Waals surface area (Å²) in [6, 6.07) is 10.2. The van der Waals surface area contributed by atoms with Gasteiger partial charge in [0.15, 0.2) is 5.78 Å². The number of ketones is 1. The Labute approximate surface area is 177 Å². The molecule has 2 heterocycles. The molecule has 152 valence electrons. The van der Waals surface area contributed by atoms with Crippen molar-refractivity contribution in [3.8, 4) is 12.3 Å². The molecule has 4 nitrogen and oxygen atoms in total. The molecule has 0 amide bonds. The van der Waals surface area contributed by atoms with Crippen LogP contribution in [0.3, 0.4) is 0 Å². The number of hydrogen-bond donors (Lipinski definition) is 1. The van der Waals surface area contributed by atoms with Gasteiger partial charge in [0, 0.05) is 51.9 Å². The van der Waals surface area contributed by atoms with Crippen LogP contribution in [0.1, 0.15) is 59.1 Å². The number of aryl methyl sites for hydroxylation is 1. The maximum Gasteiger partial charge on any atom is 0.195 e. The van der Waals surface area contributed by atoms with Crippen molar-refractivity contribution in [1.82, 2.24) is 4.98 Å². The summed E-state index contributed by atoms with van der Waals surface area (Å²) in [5.74, 6) is 2.79. The van der Waals surface area contributed by atoms with Crippen molar-refractivity contribution in [3.63, 3.8) is 0 Å². The minimum atomic E-state index is -0.318. The molecule has 1 N–H and O–H groups in total. The number of H-pyrrole nitrogens is 1. The van der Waals surface area contributed by atoms with Gasteiger partial charge in [-0.05, 0) is 41.8 Å². The molecule has 5 rings (SSSR count). The smallest absolute Gasteiger partial charge is 0.195 e. The number of anilines is 1. The topological polar surface area (TPSA) is 45.3 Å². The largest absolute Gasteiger partial charge is 0.378 e. The molecule has 1 aromatic heterocycles. The third-order valence-electron chi connectivity index (χ3n) is 6.69. The van der Waals surface area contributed by atoms with Crippen LogP contribution in [0, 0.1) is 12.3 Å². The fourth-order valence-electron chi connectivity index (χ4n) is 4.98. The van der Waals surface area contributed by atoms with Gasteiger partial charge in [0.2, 0.25) is 0 Å². The van der Waals surface area contributed by atoms with Crippen LogP contribution in [0.4, 0.5) is 5.69 Å². The molecule has 1 aliphatic carbocycles. The number of terminal acetylenes is 1. The molecule has 3 aromatic rings. The molecular weight excluding hydrogens is 372 g/mol. The van der Waals surface area contributed by atoms with Gasteiger partial charge in [-0.3, -0.25) is 4.79 Å². The molecule has 1 saturated heterocycles. The van der Waals surface area contributed by atoms with Gasteiger partial charge in [0.05, 0.1) is 18.8 Å². The molecule has 0 bridgehead atoms. The Kier molecular flexibility index (Phi) is 4.27. The van der Waals surface area contributed by atoms with Crippen molar-refractivity contribution >= 4 is 22.4 Å². The monoisotopic (exact) mass is 398 g/mol. The van der Waals surface area contributed by atoms with E-state index in [2.05, 4.69) is 48.7 Å². The summed E-state index contributed by atoms with van der Waals surface area (Å²) in [5, 5.41) is 0.947. The number of carbonyl (C=O) groups excluding carboxylic acids is 1. The average molecular weight is 399 g/mol. The van der Waals surface area contributed by atoms with Crippen molar-refractivity contribution in [2.45, 2.75) is 32.6 Å². The van der Waals surface area contributed by atoms with E-state index < -0.39 is 0 Å². The zero-order valence-electron chi connectivity index (χ0n) is 17.8. The van der Waals surface area contributed by atoms with Crippen LogP contribution in [0.25, 0.3) is 10.9 Å². The summed E-state index contributed by atoms with van der Waals surface area (Å²) >= 11 is 0. The van der Waals surface area contributed by atoms with Gasteiger partial charge in [-0.15, -0.1) is 6.42 Å². The molecule has 0 atom stereocenters. The van der Waals surface area contributed by atoms with E-state index in [0.717, 1.165) is 71.6 Å². The number of aromatic amines is 1. The summed E-state index contributed by atoms with van der Waals surface area (Å²) in [6.45, 7) is 9.80. The molecular formula is C26H26N2O2. The molecule has 30 heavy (non-hydrogen) atoms. The highest BCUT2D eigenvalue weighted by atomic mass is 16.5. The predicted octanol–water partition coefficient (Wildman–Crippen LogP) is 4.42. The van der Waals surface area contributed by atoms with E-state index in [4.69, 9.17) is 11.2 Å². The van der Waals surface area contributed by atoms with Gasteiger partial charge in [-0.2, -0.15) is 0 Å². The van der Waals surface area contributed by atoms with Gasteiger partial charge < -0.3 is 14.6 Å². The lowest BCUT2D eigenvalue weighted by Crippen LogP contribution is -2.38. The number of nitrogens with zero attached hydrogens (tertiary/aromatic N) is 1. The lowest BCUT2D eigenvalue weighted by atomic mass is 9.70. The molecule has 1 aliphatic heterocycles. The molecule has 0 spiro atoms. The molecule has 2 aliphatic rings. The van der Waals surface area contributed by atoms with Crippen LogP contribution in [-0.4, -0.2) is 37.1 Å². The number of hydrogen-bond acceptors (Lipinski definition) is 3. The minimum Gasteiger partial charge on any atom is -0.378 e. The van der Waals surface area contributed by atoms with E-state index in [9.17, 15) is 4.79 Å². The van der Waals surface area contributed by atoms with Crippen LogP contribution in [0.5, 0.6) is 0 Å². The lowest BCUT2D eigenvalue weighted by molar-refractivity contribution is 0.103. The SMILES string of the molecule is C#Cc1ccc2c3c([nH]c2c1)C(C)(C)c1cc(N2CCOCC2)c(CC)cc1C3=O. The number of aromatic nitrogens is 1. The van der Waals surface area contributed by atoms with E-state index in [1.165, 1.54) is 11.3 Å². The molecule has 0 unspecified atom stereocenters. The highest BCUT2D eigenvalue weighted by Gasteiger charge is 2.40. The zero-order valence-corrected chi connectivity index (χ0v) is 17.8. The second kappa shape index (κ2) is 6.75. The minimum absolute atomic E-state index is 0.0993. The normalized spacial score (nSPS) is 17.5. The summed E-state index contributed by atoms with van der Waals surface area (Å²) < 4.78 is 5.55. The van der Waals surface area contributed by atoms with Crippen molar-refractivity contribution in [2.75, 3.05) is 31.2 Å². The van der Waals surface area contributed by atoms with E-state index in [-0.39, 0.29) is 11.2 Å². The number of rotatable bonds is 2. The van der Waals surface area contributed by atoms with Gasteiger partial charge in [-0.25, -0.2) is 0 Å². The summed E-state index contributed by atoms with van der Waals surface area (Å²) in [6.07, 6.45) is 6.48. The van der Waals surface area contributed by atoms with Crippen LogP contribution in [0.15, 0.2) is 30.3 Å². The fraction of sp³-hybridized carbons (Fsp3) is 0.346. The number of carbonyl (C=O) groups is 1. The number of benzene rings is 2. The van der Waals surface area contributed by atoms with Crippen molar-refractivity contribution in [3.05, 3.63) is 63.8 Å². The maximum atomic E-state index is 13.7. The van der Waals surface area contributed by atoms with Crippen molar-refractivity contribution in [2.24, 2.45) is 0 Å². The number of ether oxygens (including phenoxy) is 1. The predicted molar refractivity (Wildman–Crippen MR) is 121 cm³/mol. The van der Waals surface area contributed by atoms with E-state index in [1.807, 2.05) is 18.2 Å². The quantitative estimate of drug-likeness (QED) is 0.650. The van der Waals surface area contributed by atoms with Gasteiger partial charge in [0.25, 0.3) is 0 Å². The van der Waals surface area contributed by atoms with Crippen LogP contribution >= 0.6 is 0 Å². The second-order valence-electron chi connectivity index (χ2n) is 8.71. The van der Waals surface area contributed by atoms with Gasteiger partial charge in [-0.1, -0.05) is 32.8 Å². The highest BCUT2D eigenvalue weighted by molar-refractivity contribution is 6.20. The summed E-state index contributed by atoms with van der Waals surface area (Å²) in [5.41, 5.74) is 7.54. The first-order valence-corrected chi connectivity index (χ1v) is 10.6. The Balaban J connectivity index is 1.73. The maximum absolute atomic E-state index is 13.7. The number of morpholine rings is 1. The summed E-state index contributed by atoms with van der Waals surface area (Å²) in [4.78, 5) is 19.6. The Bertz CT molecular complexity index is 1220. The zero-order chi connectivity index (χ0) is 21.0. The highest BCUT2D eigenvalue weighted by Crippen LogP contribution is 2.45. The number of fused-ring (bicyclic) bond motifs is 4. The van der Waals surface area contributed by atoms with Crippen LogP contribution in [-0.2, 0) is 16.6 Å². The third kappa shape index (κ3) is 2.62. The Morgan fingerprint density at radius 2 is 1.97 bits per heavy atom. The average Bonchev–Trinajstić information content (AvgIpc) is 3.17. The first-order chi connectivity index (χ1) is 14.5. The summed E-state index contributed by atoms with van der Waals surface area (Å²) in [7, 11) is 0. The molecule has 0 radical (unpaired) electrons. The van der Waals surface area contributed by atoms with Crippen molar-refractivity contribution < 1.29 is 9.53 Å². The first-order valence-electron chi connectivity index (χ1n) is 10.6. The Morgan fingerprint density at radius 3 is 2.67 bits per heavy atom. The standard InChI is InChI=1S/C26H26N2O2/c1-5-16-7-8-18-21(13-16)27-25-23(18)24(29)19-14-17(6-2)22(15-20(19)26(25,3)4)28-9-11-30-12-10-28/h1,7-8,13-15,27H,6,9-12H2,2-4H3. The van der Waals surface area contributed by atoms with Crippen LogP contribution < -0.4 is 4.90 Å². The van der Waals surface area contributed by atoms with Crippen molar-refractivity contribution in [1.29, 1.82) is 0 Å². The Hall–Kier alpha value is -3.03. The Morgan fingerprint density at radius 1 is 1.20 bits per heavy atom. The van der Waals surface area contributed by atoms with Gasteiger partial charge in [0.1, 0.15) is 0 Å². The fourth-order valence-corrected chi connectivity index (χ4v) is 4.98. The number of nitrogens with one attached hydrogen (secondary N) is 1. The molecule has 0 saturated carbocycles. The van der Waals surface area contributed by atoms with E-state index in [0.29, 0.717) is 0 Å². The van der Waals surface area contributed by atoms with E-state index in [1.54, 1.807) is 0 Å². The molecule has 2 aromatic carbocycles. The van der Waals surface area contributed by atoms with Gasteiger partial charge >= 0.3 is 0 Å².